The Kier molecular flexibility index (Phi) is 7.89. The number of benzene rings is 1. The zero-order valence-corrected chi connectivity index (χ0v) is 17.8. The molecule has 0 aliphatic heterocycles. The number of H-pyrrole nitrogens is 1. The highest BCUT2D eigenvalue weighted by molar-refractivity contribution is 6.33. The van der Waals surface area contributed by atoms with E-state index in [9.17, 15) is 14.9 Å². The molecule has 6 nitrogen and oxygen atoms in total. The number of halogens is 2. The van der Waals surface area contributed by atoms with Gasteiger partial charge in [-0.05, 0) is 56.2 Å². The lowest BCUT2D eigenvalue weighted by atomic mass is 9.99. The molecule has 2 rings (SSSR count). The molecule has 0 fully saturated rings. The normalized spacial score (nSPS) is 11.1. The summed E-state index contributed by atoms with van der Waals surface area (Å²) in [5, 5.41) is 10.3. The highest BCUT2D eigenvalue weighted by Crippen LogP contribution is 2.29. The monoisotopic (exact) mass is 434 g/mol. The molecule has 0 saturated heterocycles. The fourth-order valence-electron chi connectivity index (χ4n) is 2.85. The minimum absolute atomic E-state index is 0.140. The van der Waals surface area contributed by atoms with Crippen LogP contribution in [0.3, 0.4) is 0 Å². The number of aryl methyl sites for hydroxylation is 1. The van der Waals surface area contributed by atoms with Gasteiger partial charge in [0.25, 0.3) is 0 Å². The van der Waals surface area contributed by atoms with Gasteiger partial charge in [0.15, 0.2) is 0 Å². The van der Waals surface area contributed by atoms with Gasteiger partial charge in [0.05, 0.1) is 18.8 Å². The van der Waals surface area contributed by atoms with E-state index >= 15 is 0 Å². The summed E-state index contributed by atoms with van der Waals surface area (Å²) >= 11 is 12.4. The lowest BCUT2D eigenvalue weighted by Crippen LogP contribution is -2.09. The van der Waals surface area contributed by atoms with Crippen molar-refractivity contribution in [3.8, 4) is 6.07 Å². The largest absolute Gasteiger partial charge is 0.462 e. The quantitative estimate of drug-likeness (QED) is 0.381. The maximum Gasteiger partial charge on any atom is 0.348 e. The molecule has 1 aromatic carbocycles. The number of hydrogen-bond acceptors (Lipinski definition) is 5. The molecule has 0 amide bonds. The average Bonchev–Trinajstić information content (AvgIpc) is 2.97. The van der Waals surface area contributed by atoms with Crippen molar-refractivity contribution in [3.63, 3.8) is 0 Å². The van der Waals surface area contributed by atoms with Crippen molar-refractivity contribution in [2.75, 3.05) is 13.2 Å². The molecule has 0 aliphatic rings. The maximum absolute atomic E-state index is 12.6. The highest BCUT2D eigenvalue weighted by Gasteiger charge is 2.23. The van der Waals surface area contributed by atoms with Crippen molar-refractivity contribution >= 4 is 41.2 Å². The van der Waals surface area contributed by atoms with Gasteiger partial charge in [-0.2, -0.15) is 5.26 Å². The molecule has 8 heteroatoms. The van der Waals surface area contributed by atoms with E-state index in [-0.39, 0.29) is 25.2 Å². The summed E-state index contributed by atoms with van der Waals surface area (Å²) in [4.78, 5) is 27.6. The number of nitrogens with one attached hydrogen (secondary N) is 1. The fraction of sp³-hybridized carbons (Fsp3) is 0.286. The van der Waals surface area contributed by atoms with E-state index in [1.54, 1.807) is 39.0 Å². The van der Waals surface area contributed by atoms with Crippen molar-refractivity contribution < 1.29 is 19.1 Å². The van der Waals surface area contributed by atoms with Crippen molar-refractivity contribution in [3.05, 3.63) is 61.9 Å². The predicted octanol–water partition coefficient (Wildman–Crippen LogP) is 4.87. The van der Waals surface area contributed by atoms with Crippen LogP contribution in [0, 0.1) is 18.3 Å². The number of aromatic nitrogens is 1. The van der Waals surface area contributed by atoms with Crippen molar-refractivity contribution in [1.29, 1.82) is 5.26 Å². The first-order valence-corrected chi connectivity index (χ1v) is 9.69. The van der Waals surface area contributed by atoms with E-state index in [0.717, 1.165) is 0 Å². The third-order valence-electron chi connectivity index (χ3n) is 4.08. The molecule has 29 heavy (non-hydrogen) atoms. The Morgan fingerprint density at radius 2 is 1.90 bits per heavy atom. The number of nitrogens with zero attached hydrogens (tertiary/aromatic N) is 1. The molecule has 2 aromatic rings. The summed E-state index contributed by atoms with van der Waals surface area (Å²) in [6.07, 6.45) is 1.60. The van der Waals surface area contributed by atoms with Gasteiger partial charge in [-0.25, -0.2) is 9.59 Å². The standard InChI is InChI=1S/C21H20Cl2N2O4/c1-4-28-20(26)14(11-24)10-18-16(9-13-8-15(22)6-7-17(13)23)19(12(3)25-18)21(27)29-5-2/h6-8,10,25H,4-5,9H2,1-3H3. The van der Waals surface area contributed by atoms with E-state index in [4.69, 9.17) is 32.7 Å². The van der Waals surface area contributed by atoms with Gasteiger partial charge in [0, 0.05) is 27.9 Å². The van der Waals surface area contributed by atoms with Gasteiger partial charge < -0.3 is 14.5 Å². The molecular weight excluding hydrogens is 415 g/mol. The first-order valence-electron chi connectivity index (χ1n) is 8.93. The Bertz CT molecular complexity index is 1000. The smallest absolute Gasteiger partial charge is 0.348 e. The third-order valence-corrected chi connectivity index (χ3v) is 4.69. The lowest BCUT2D eigenvalue weighted by Gasteiger charge is -2.09. The van der Waals surface area contributed by atoms with E-state index < -0.39 is 11.9 Å². The molecule has 0 spiro atoms. The van der Waals surface area contributed by atoms with Crippen LogP contribution in [-0.4, -0.2) is 30.1 Å². The van der Waals surface area contributed by atoms with Gasteiger partial charge in [0.1, 0.15) is 11.6 Å². The molecule has 152 valence electrons. The van der Waals surface area contributed by atoms with Crippen LogP contribution in [0.1, 0.15) is 46.7 Å². The van der Waals surface area contributed by atoms with Gasteiger partial charge in [-0.3, -0.25) is 0 Å². The first-order chi connectivity index (χ1) is 13.8. The predicted molar refractivity (Wildman–Crippen MR) is 111 cm³/mol. The van der Waals surface area contributed by atoms with E-state index in [0.29, 0.717) is 38.1 Å². The van der Waals surface area contributed by atoms with Crippen LogP contribution >= 0.6 is 23.2 Å². The Balaban J connectivity index is 2.64. The average molecular weight is 435 g/mol. The number of aromatic amines is 1. The second kappa shape index (κ2) is 10.1. The summed E-state index contributed by atoms with van der Waals surface area (Å²) in [6.45, 7) is 5.42. The molecule has 0 radical (unpaired) electrons. The summed E-state index contributed by atoms with van der Waals surface area (Å²) in [5.41, 5.74) is 2.34. The third kappa shape index (κ3) is 5.41. The van der Waals surface area contributed by atoms with Crippen LogP contribution in [0.4, 0.5) is 0 Å². The minimum Gasteiger partial charge on any atom is -0.462 e. The minimum atomic E-state index is -0.744. The second-order valence-corrected chi connectivity index (χ2v) is 6.88. The van der Waals surface area contributed by atoms with E-state index in [2.05, 4.69) is 4.98 Å². The first kappa shape index (κ1) is 22.5. The molecule has 0 unspecified atom stereocenters. The zero-order valence-electron chi connectivity index (χ0n) is 16.3. The lowest BCUT2D eigenvalue weighted by molar-refractivity contribution is -0.137. The van der Waals surface area contributed by atoms with Crippen molar-refractivity contribution in [2.45, 2.75) is 27.2 Å². The molecule has 1 aromatic heterocycles. The number of ether oxygens (including phenoxy) is 2. The molecule has 1 heterocycles. The number of carbonyl (C=O) groups excluding carboxylic acids is 2. The van der Waals surface area contributed by atoms with E-state index in [1.165, 1.54) is 6.08 Å². The van der Waals surface area contributed by atoms with Crippen molar-refractivity contribution in [2.24, 2.45) is 0 Å². The van der Waals surface area contributed by atoms with Gasteiger partial charge >= 0.3 is 11.9 Å². The Hall–Kier alpha value is -2.75. The molecular formula is C21H20Cl2N2O4. The molecule has 0 atom stereocenters. The second-order valence-electron chi connectivity index (χ2n) is 6.04. The topological polar surface area (TPSA) is 92.2 Å². The van der Waals surface area contributed by atoms with Gasteiger partial charge in [-0.15, -0.1) is 0 Å². The number of esters is 2. The van der Waals surface area contributed by atoms with Crippen LogP contribution in [0.25, 0.3) is 6.08 Å². The number of carbonyl (C=O) groups is 2. The molecule has 0 bridgehead atoms. The molecule has 0 saturated carbocycles. The van der Waals surface area contributed by atoms with Crippen LogP contribution in [-0.2, 0) is 20.7 Å². The Morgan fingerprint density at radius 1 is 1.21 bits per heavy atom. The van der Waals surface area contributed by atoms with Crippen LogP contribution < -0.4 is 0 Å². The number of rotatable bonds is 7. The van der Waals surface area contributed by atoms with E-state index in [1.807, 2.05) is 6.07 Å². The summed E-state index contributed by atoms with van der Waals surface area (Å²) in [5.74, 6) is -1.25. The number of hydrogen-bond donors (Lipinski definition) is 1. The maximum atomic E-state index is 12.6. The van der Waals surface area contributed by atoms with Gasteiger partial charge in [0.2, 0.25) is 0 Å². The summed E-state index contributed by atoms with van der Waals surface area (Å²) in [7, 11) is 0. The molecule has 0 aliphatic carbocycles. The Morgan fingerprint density at radius 3 is 2.52 bits per heavy atom. The summed E-state index contributed by atoms with van der Waals surface area (Å²) < 4.78 is 10.1. The van der Waals surface area contributed by atoms with Crippen molar-refractivity contribution in [1.82, 2.24) is 4.98 Å². The van der Waals surface area contributed by atoms with Crippen LogP contribution in [0.2, 0.25) is 10.0 Å². The summed E-state index contributed by atoms with van der Waals surface area (Å²) in [6, 6.07) is 6.86. The number of nitriles is 1. The molecule has 1 N–H and O–H groups in total. The fourth-order valence-corrected chi connectivity index (χ4v) is 3.23. The highest BCUT2D eigenvalue weighted by atomic mass is 35.5. The SMILES string of the molecule is CCOC(=O)C(C#N)=Cc1[nH]c(C)c(C(=O)OCC)c1Cc1cc(Cl)ccc1Cl. The zero-order chi connectivity index (χ0) is 21.6. The van der Waals surface area contributed by atoms with Gasteiger partial charge in [-0.1, -0.05) is 23.2 Å². The Labute approximate surface area is 179 Å². The van der Waals surface area contributed by atoms with Crippen LogP contribution in [0.15, 0.2) is 23.8 Å². The van der Waals surface area contributed by atoms with Crippen LogP contribution in [0.5, 0.6) is 0 Å².